The Hall–Kier alpha value is -3.68. The number of nitrogens with one attached hydrogen (secondary N) is 2. The van der Waals surface area contributed by atoms with Crippen molar-refractivity contribution in [2.24, 2.45) is 5.92 Å². The Labute approximate surface area is 178 Å². The van der Waals surface area contributed by atoms with E-state index in [4.69, 9.17) is 0 Å². The molecular formula is C23H24N3O5-. The maximum atomic E-state index is 13.2. The molecule has 0 unspecified atom stereocenters. The van der Waals surface area contributed by atoms with Gasteiger partial charge in [-0.25, -0.2) is 9.36 Å². The fourth-order valence-electron chi connectivity index (χ4n) is 3.52. The van der Waals surface area contributed by atoms with Crippen LogP contribution in [0.1, 0.15) is 31.9 Å². The monoisotopic (exact) mass is 422 g/mol. The van der Waals surface area contributed by atoms with Gasteiger partial charge in [-0.3, -0.25) is 9.59 Å². The molecule has 162 valence electrons. The quantitative estimate of drug-likeness (QED) is 0.554. The number of benzene rings is 2. The van der Waals surface area contributed by atoms with Crippen molar-refractivity contribution >= 4 is 22.8 Å². The second-order valence-corrected chi connectivity index (χ2v) is 7.55. The van der Waals surface area contributed by atoms with Crippen LogP contribution in [0.5, 0.6) is 0 Å². The van der Waals surface area contributed by atoms with Crippen LogP contribution in [0.4, 0.5) is 0 Å². The number of hydrogen-bond acceptors (Lipinski definition) is 5. The van der Waals surface area contributed by atoms with Crippen molar-refractivity contribution in [2.75, 3.05) is 0 Å². The van der Waals surface area contributed by atoms with Crippen LogP contribution in [0.15, 0.2) is 64.2 Å². The molecular weight excluding hydrogens is 398 g/mol. The van der Waals surface area contributed by atoms with Crippen molar-refractivity contribution in [3.05, 3.63) is 81.0 Å². The maximum absolute atomic E-state index is 13.2. The van der Waals surface area contributed by atoms with E-state index in [0.717, 1.165) is 10.1 Å². The highest BCUT2D eigenvalue weighted by molar-refractivity contribution is 5.86. The second-order valence-electron chi connectivity index (χ2n) is 7.55. The SMILES string of the molecule is CC[C@@H](C)[C@H](NC(=O)[C@@H](Cc1ccccc1)n1c(=O)[nH]c2ccccc2c1=O)C(=O)[O-]. The predicted octanol–water partition coefficient (Wildman–Crippen LogP) is 0.754. The summed E-state index contributed by atoms with van der Waals surface area (Å²) >= 11 is 0. The summed E-state index contributed by atoms with van der Waals surface area (Å²) in [6, 6.07) is 12.9. The topological polar surface area (TPSA) is 124 Å². The number of carbonyl (C=O) groups excluding carboxylic acids is 2. The van der Waals surface area contributed by atoms with Gasteiger partial charge in [0.1, 0.15) is 6.04 Å². The van der Waals surface area contributed by atoms with Gasteiger partial charge in [0.15, 0.2) is 0 Å². The lowest BCUT2D eigenvalue weighted by Gasteiger charge is -2.28. The van der Waals surface area contributed by atoms with Crippen molar-refractivity contribution < 1.29 is 14.7 Å². The third kappa shape index (κ3) is 4.74. The Balaban J connectivity index is 2.10. The van der Waals surface area contributed by atoms with E-state index in [0.29, 0.717) is 11.9 Å². The molecule has 0 saturated carbocycles. The van der Waals surface area contributed by atoms with E-state index in [1.165, 1.54) is 0 Å². The smallest absolute Gasteiger partial charge is 0.329 e. The molecule has 2 aromatic carbocycles. The number of para-hydroxylation sites is 1. The van der Waals surface area contributed by atoms with Gasteiger partial charge >= 0.3 is 5.69 Å². The molecule has 31 heavy (non-hydrogen) atoms. The van der Waals surface area contributed by atoms with E-state index < -0.39 is 41.1 Å². The summed E-state index contributed by atoms with van der Waals surface area (Å²) in [5, 5.41) is 14.3. The number of carboxylic acids is 1. The highest BCUT2D eigenvalue weighted by atomic mass is 16.4. The van der Waals surface area contributed by atoms with E-state index in [2.05, 4.69) is 10.3 Å². The standard InChI is InChI=1S/C23H25N3O5/c1-3-14(2)19(22(29)30)25-20(27)18(13-15-9-5-4-6-10-15)26-21(28)16-11-7-8-12-17(16)24-23(26)31/h4-12,14,18-19H,3,13H2,1-2H3,(H,24,31)(H,25,27)(H,29,30)/p-1/t14-,18-,19+/m1/s1. The number of H-pyrrole nitrogens is 1. The molecule has 0 aliphatic heterocycles. The van der Waals surface area contributed by atoms with Gasteiger partial charge in [-0.15, -0.1) is 0 Å². The summed E-state index contributed by atoms with van der Waals surface area (Å²) in [5.74, 6) is -2.54. The number of rotatable bonds is 8. The maximum Gasteiger partial charge on any atom is 0.329 e. The van der Waals surface area contributed by atoms with E-state index in [-0.39, 0.29) is 11.8 Å². The molecule has 0 spiro atoms. The van der Waals surface area contributed by atoms with E-state index in [1.54, 1.807) is 62.4 Å². The number of amides is 1. The fraction of sp³-hybridized carbons (Fsp3) is 0.304. The number of fused-ring (bicyclic) bond motifs is 1. The average Bonchev–Trinajstić information content (AvgIpc) is 2.76. The Kier molecular flexibility index (Phi) is 6.69. The van der Waals surface area contributed by atoms with Gasteiger partial charge in [-0.2, -0.15) is 0 Å². The first kappa shape index (κ1) is 22.0. The lowest BCUT2D eigenvalue weighted by molar-refractivity contribution is -0.309. The first-order valence-electron chi connectivity index (χ1n) is 10.1. The third-order valence-electron chi connectivity index (χ3n) is 5.49. The zero-order chi connectivity index (χ0) is 22.5. The van der Waals surface area contributed by atoms with Gasteiger partial charge in [0.25, 0.3) is 5.56 Å². The molecule has 0 bridgehead atoms. The number of aromatic amines is 1. The van der Waals surface area contributed by atoms with Crippen molar-refractivity contribution in [1.82, 2.24) is 14.9 Å². The van der Waals surface area contributed by atoms with Crippen LogP contribution < -0.4 is 21.7 Å². The van der Waals surface area contributed by atoms with Gasteiger partial charge in [-0.05, 0) is 23.6 Å². The van der Waals surface area contributed by atoms with Gasteiger partial charge < -0.3 is 20.2 Å². The largest absolute Gasteiger partial charge is 0.548 e. The molecule has 2 N–H and O–H groups in total. The van der Waals surface area contributed by atoms with Gasteiger partial charge in [0, 0.05) is 6.42 Å². The van der Waals surface area contributed by atoms with Crippen molar-refractivity contribution in [3.8, 4) is 0 Å². The van der Waals surface area contributed by atoms with Crippen LogP contribution >= 0.6 is 0 Å². The van der Waals surface area contributed by atoms with Crippen LogP contribution in [0.25, 0.3) is 10.9 Å². The molecule has 0 aliphatic carbocycles. The van der Waals surface area contributed by atoms with Gasteiger partial charge in [0.2, 0.25) is 5.91 Å². The summed E-state index contributed by atoms with van der Waals surface area (Å²) in [6.07, 6.45) is 0.535. The van der Waals surface area contributed by atoms with Crippen LogP contribution in [0.2, 0.25) is 0 Å². The molecule has 0 fully saturated rings. The minimum absolute atomic E-state index is 0.0360. The van der Waals surface area contributed by atoms with Gasteiger partial charge in [-0.1, -0.05) is 62.7 Å². The molecule has 3 rings (SSSR count). The minimum atomic E-state index is -1.42. The normalized spacial score (nSPS) is 14.0. The van der Waals surface area contributed by atoms with Crippen molar-refractivity contribution in [2.45, 2.75) is 38.8 Å². The highest BCUT2D eigenvalue weighted by Gasteiger charge is 2.29. The van der Waals surface area contributed by atoms with Crippen molar-refractivity contribution in [3.63, 3.8) is 0 Å². The molecule has 0 radical (unpaired) electrons. The number of carbonyl (C=O) groups is 2. The van der Waals surface area contributed by atoms with E-state index in [1.807, 2.05) is 6.07 Å². The zero-order valence-corrected chi connectivity index (χ0v) is 17.3. The molecule has 8 nitrogen and oxygen atoms in total. The molecule has 3 atom stereocenters. The minimum Gasteiger partial charge on any atom is -0.548 e. The summed E-state index contributed by atoms with van der Waals surface area (Å²) in [4.78, 5) is 53.4. The number of carboxylic acid groups (broad SMARTS) is 1. The Morgan fingerprint density at radius 3 is 2.35 bits per heavy atom. The van der Waals surface area contributed by atoms with Crippen LogP contribution in [-0.2, 0) is 16.0 Å². The summed E-state index contributed by atoms with van der Waals surface area (Å²) in [6.45, 7) is 3.48. The third-order valence-corrected chi connectivity index (χ3v) is 5.49. The van der Waals surface area contributed by atoms with E-state index >= 15 is 0 Å². The van der Waals surface area contributed by atoms with Gasteiger partial charge in [0.05, 0.1) is 22.9 Å². The molecule has 1 aromatic heterocycles. The number of nitrogens with zero attached hydrogens (tertiary/aromatic N) is 1. The number of hydrogen-bond donors (Lipinski definition) is 2. The molecule has 0 aliphatic rings. The summed E-state index contributed by atoms with van der Waals surface area (Å²) in [5.41, 5.74) is -0.284. The molecule has 0 saturated heterocycles. The number of aromatic nitrogens is 2. The molecule has 3 aromatic rings. The second kappa shape index (κ2) is 9.42. The predicted molar refractivity (Wildman–Crippen MR) is 114 cm³/mol. The first-order valence-corrected chi connectivity index (χ1v) is 10.1. The first-order chi connectivity index (χ1) is 14.8. The lowest BCUT2D eigenvalue weighted by atomic mass is 9.98. The Morgan fingerprint density at radius 1 is 1.06 bits per heavy atom. The Bertz CT molecular complexity index is 1200. The van der Waals surface area contributed by atoms with Crippen LogP contribution in [0.3, 0.4) is 0 Å². The average molecular weight is 422 g/mol. The van der Waals surface area contributed by atoms with E-state index in [9.17, 15) is 24.3 Å². The van der Waals surface area contributed by atoms with Crippen LogP contribution in [0, 0.1) is 5.92 Å². The summed E-state index contributed by atoms with van der Waals surface area (Å²) < 4.78 is 0.855. The zero-order valence-electron chi connectivity index (χ0n) is 17.3. The Morgan fingerprint density at radius 2 is 1.71 bits per heavy atom. The lowest BCUT2D eigenvalue weighted by Crippen LogP contribution is -2.54. The fourth-order valence-corrected chi connectivity index (χ4v) is 3.52. The molecule has 8 heteroatoms. The highest BCUT2D eigenvalue weighted by Crippen LogP contribution is 2.15. The van der Waals surface area contributed by atoms with Crippen LogP contribution in [-0.4, -0.2) is 27.5 Å². The molecule has 1 heterocycles. The molecule has 1 amide bonds. The number of aliphatic carboxylic acids is 1. The summed E-state index contributed by atoms with van der Waals surface area (Å²) in [7, 11) is 0. The van der Waals surface area contributed by atoms with Crippen molar-refractivity contribution in [1.29, 1.82) is 0 Å².